The lowest BCUT2D eigenvalue weighted by atomic mass is 9.95. The summed E-state index contributed by atoms with van der Waals surface area (Å²) in [6.07, 6.45) is 1.90. The lowest BCUT2D eigenvalue weighted by Gasteiger charge is -2.27. The molecule has 128 valence electrons. The minimum Gasteiger partial charge on any atom is -0.341 e. The summed E-state index contributed by atoms with van der Waals surface area (Å²) in [4.78, 5) is 14.5. The average Bonchev–Trinajstić information content (AvgIpc) is 2.63. The van der Waals surface area contributed by atoms with Gasteiger partial charge in [0, 0.05) is 19.5 Å². The molecule has 0 atom stereocenters. The van der Waals surface area contributed by atoms with E-state index in [0.717, 1.165) is 25.9 Å². The molecule has 0 aromatic heterocycles. The number of nitrogens with zero attached hydrogens (tertiary/aromatic N) is 1. The van der Waals surface area contributed by atoms with Crippen LogP contribution in [0.5, 0.6) is 0 Å². The second kappa shape index (κ2) is 8.86. The molecular formula is C20H25ClN2O. The van der Waals surface area contributed by atoms with Crippen LogP contribution in [0.15, 0.2) is 54.6 Å². The monoisotopic (exact) mass is 344 g/mol. The summed E-state index contributed by atoms with van der Waals surface area (Å²) in [6.45, 7) is 2.56. The van der Waals surface area contributed by atoms with Gasteiger partial charge in [-0.25, -0.2) is 0 Å². The Balaban J connectivity index is 0.00000208. The van der Waals surface area contributed by atoms with Gasteiger partial charge in [-0.05, 0) is 42.6 Å². The highest BCUT2D eigenvalue weighted by atomic mass is 35.5. The Morgan fingerprint density at radius 3 is 2.38 bits per heavy atom. The van der Waals surface area contributed by atoms with Gasteiger partial charge in [0.15, 0.2) is 0 Å². The third-order valence-electron chi connectivity index (χ3n) is 4.57. The summed E-state index contributed by atoms with van der Waals surface area (Å²) in [5.41, 5.74) is 3.60. The van der Waals surface area contributed by atoms with Crippen LogP contribution >= 0.6 is 12.4 Å². The molecule has 0 spiro atoms. The number of hydrogen-bond donors (Lipinski definition) is 1. The molecule has 3 rings (SSSR count). The molecule has 0 bridgehead atoms. The van der Waals surface area contributed by atoms with E-state index >= 15 is 0 Å². The molecule has 2 aromatic rings. The molecule has 2 aromatic carbocycles. The van der Waals surface area contributed by atoms with Gasteiger partial charge in [-0.15, -0.1) is 12.4 Å². The summed E-state index contributed by atoms with van der Waals surface area (Å²) < 4.78 is 0. The zero-order valence-electron chi connectivity index (χ0n) is 14.1. The van der Waals surface area contributed by atoms with Crippen LogP contribution < -0.4 is 5.32 Å². The Bertz CT molecular complexity index is 654. The van der Waals surface area contributed by atoms with Crippen molar-refractivity contribution in [2.24, 2.45) is 5.92 Å². The average molecular weight is 345 g/mol. The van der Waals surface area contributed by atoms with E-state index in [4.69, 9.17) is 0 Å². The van der Waals surface area contributed by atoms with E-state index in [-0.39, 0.29) is 24.2 Å². The van der Waals surface area contributed by atoms with Crippen LogP contribution in [0, 0.1) is 5.92 Å². The summed E-state index contributed by atoms with van der Waals surface area (Å²) in [6, 6.07) is 18.7. The van der Waals surface area contributed by atoms with E-state index in [1.165, 1.54) is 16.7 Å². The molecule has 1 heterocycles. The van der Waals surface area contributed by atoms with Crippen molar-refractivity contribution in [3.63, 3.8) is 0 Å². The third kappa shape index (κ3) is 4.37. The normalized spacial score (nSPS) is 14.7. The van der Waals surface area contributed by atoms with Crippen LogP contribution in [0.1, 0.15) is 18.4 Å². The van der Waals surface area contributed by atoms with Crippen molar-refractivity contribution in [3.8, 4) is 11.1 Å². The lowest BCUT2D eigenvalue weighted by molar-refractivity contribution is -0.135. The zero-order valence-corrected chi connectivity index (χ0v) is 14.9. The van der Waals surface area contributed by atoms with E-state index < -0.39 is 0 Å². The molecule has 4 heteroatoms. The van der Waals surface area contributed by atoms with E-state index in [1.807, 2.05) is 24.1 Å². The van der Waals surface area contributed by atoms with Crippen molar-refractivity contribution >= 4 is 18.3 Å². The van der Waals surface area contributed by atoms with Crippen molar-refractivity contribution < 1.29 is 4.79 Å². The number of amides is 1. The molecule has 1 fully saturated rings. The predicted molar refractivity (Wildman–Crippen MR) is 101 cm³/mol. The molecule has 0 unspecified atom stereocenters. The molecule has 1 saturated heterocycles. The SMILES string of the molecule is CN(Cc1ccccc1-c1ccccc1)C(=O)C1CCNCC1.Cl. The topological polar surface area (TPSA) is 32.3 Å². The molecule has 1 aliphatic rings. The first-order valence-electron chi connectivity index (χ1n) is 8.35. The summed E-state index contributed by atoms with van der Waals surface area (Å²) >= 11 is 0. The van der Waals surface area contributed by atoms with Gasteiger partial charge >= 0.3 is 0 Å². The second-order valence-electron chi connectivity index (χ2n) is 6.24. The summed E-state index contributed by atoms with van der Waals surface area (Å²) in [5.74, 6) is 0.444. The molecule has 24 heavy (non-hydrogen) atoms. The number of halogens is 1. The maximum Gasteiger partial charge on any atom is 0.225 e. The number of rotatable bonds is 4. The minimum atomic E-state index is 0. The highest BCUT2D eigenvalue weighted by Crippen LogP contribution is 2.25. The van der Waals surface area contributed by atoms with Crippen molar-refractivity contribution in [3.05, 3.63) is 60.2 Å². The smallest absolute Gasteiger partial charge is 0.225 e. The fourth-order valence-electron chi connectivity index (χ4n) is 3.27. The van der Waals surface area contributed by atoms with Gasteiger partial charge in [-0.1, -0.05) is 54.6 Å². The van der Waals surface area contributed by atoms with Gasteiger partial charge in [0.1, 0.15) is 0 Å². The van der Waals surface area contributed by atoms with Crippen LogP contribution in [-0.4, -0.2) is 30.9 Å². The zero-order chi connectivity index (χ0) is 16.1. The highest BCUT2D eigenvalue weighted by Gasteiger charge is 2.24. The van der Waals surface area contributed by atoms with Gasteiger partial charge < -0.3 is 10.2 Å². The second-order valence-corrected chi connectivity index (χ2v) is 6.24. The van der Waals surface area contributed by atoms with Gasteiger partial charge in [0.25, 0.3) is 0 Å². The van der Waals surface area contributed by atoms with E-state index in [1.54, 1.807) is 0 Å². The maximum atomic E-state index is 12.6. The van der Waals surface area contributed by atoms with Crippen molar-refractivity contribution in [2.45, 2.75) is 19.4 Å². The minimum absolute atomic E-state index is 0. The fraction of sp³-hybridized carbons (Fsp3) is 0.350. The molecule has 1 N–H and O–H groups in total. The number of nitrogens with one attached hydrogen (secondary N) is 1. The number of piperidine rings is 1. The van der Waals surface area contributed by atoms with Crippen molar-refractivity contribution in [2.75, 3.05) is 20.1 Å². The van der Waals surface area contributed by atoms with Crippen LogP contribution in [0.3, 0.4) is 0 Å². The quantitative estimate of drug-likeness (QED) is 0.916. The molecule has 3 nitrogen and oxygen atoms in total. The maximum absolute atomic E-state index is 12.6. The molecular weight excluding hydrogens is 320 g/mol. The Labute approximate surface area is 150 Å². The van der Waals surface area contributed by atoms with E-state index in [9.17, 15) is 4.79 Å². The van der Waals surface area contributed by atoms with Crippen LogP contribution in [0.2, 0.25) is 0 Å². The third-order valence-corrected chi connectivity index (χ3v) is 4.57. The lowest BCUT2D eigenvalue weighted by Crippen LogP contribution is -2.38. The molecule has 0 radical (unpaired) electrons. The Hall–Kier alpha value is -1.84. The van der Waals surface area contributed by atoms with Crippen LogP contribution in [0.25, 0.3) is 11.1 Å². The largest absolute Gasteiger partial charge is 0.341 e. The number of hydrogen-bond acceptors (Lipinski definition) is 2. The van der Waals surface area contributed by atoms with Crippen molar-refractivity contribution in [1.82, 2.24) is 10.2 Å². The van der Waals surface area contributed by atoms with E-state index in [0.29, 0.717) is 6.54 Å². The molecule has 1 amide bonds. The van der Waals surface area contributed by atoms with Crippen LogP contribution in [0.4, 0.5) is 0 Å². The molecule has 0 aliphatic carbocycles. The first-order valence-corrected chi connectivity index (χ1v) is 8.35. The Morgan fingerprint density at radius 1 is 1.04 bits per heavy atom. The number of carbonyl (C=O) groups is 1. The Kier molecular flexibility index (Phi) is 6.83. The summed E-state index contributed by atoms with van der Waals surface area (Å²) in [7, 11) is 1.92. The van der Waals surface area contributed by atoms with Gasteiger partial charge in [-0.3, -0.25) is 4.79 Å². The van der Waals surface area contributed by atoms with Gasteiger partial charge in [0.05, 0.1) is 0 Å². The molecule has 1 aliphatic heterocycles. The van der Waals surface area contributed by atoms with Crippen molar-refractivity contribution in [1.29, 1.82) is 0 Å². The predicted octanol–water partition coefficient (Wildman–Crippen LogP) is 3.73. The highest BCUT2D eigenvalue weighted by molar-refractivity contribution is 5.85. The number of carbonyl (C=O) groups excluding carboxylic acids is 1. The first-order chi connectivity index (χ1) is 11.3. The fourth-order valence-corrected chi connectivity index (χ4v) is 3.27. The standard InChI is InChI=1S/C20H24N2O.ClH/c1-22(20(23)17-11-13-21-14-12-17)15-18-9-5-6-10-19(18)16-7-3-2-4-8-16;/h2-10,17,21H,11-15H2,1H3;1H. The number of benzene rings is 2. The van der Waals surface area contributed by atoms with Gasteiger partial charge in [0.2, 0.25) is 5.91 Å². The first kappa shape index (κ1) is 18.5. The molecule has 0 saturated carbocycles. The summed E-state index contributed by atoms with van der Waals surface area (Å²) in [5, 5.41) is 3.32. The van der Waals surface area contributed by atoms with Crippen LogP contribution in [-0.2, 0) is 11.3 Å². The van der Waals surface area contributed by atoms with E-state index in [2.05, 4.69) is 47.8 Å². The van der Waals surface area contributed by atoms with Gasteiger partial charge in [-0.2, -0.15) is 0 Å². The Morgan fingerprint density at radius 2 is 1.67 bits per heavy atom.